The fraction of sp³-hybridized carbons (Fsp3) is 0.400. The van der Waals surface area contributed by atoms with Crippen LogP contribution in [0.15, 0.2) is 9.05 Å². The van der Waals surface area contributed by atoms with E-state index < -0.39 is 87.1 Å². The summed E-state index contributed by atoms with van der Waals surface area (Å²) in [6.45, 7) is 3.32. The molecular formula is C30H27F9N2O4. The summed E-state index contributed by atoms with van der Waals surface area (Å²) in [6.07, 6.45) is 0.0133. The summed E-state index contributed by atoms with van der Waals surface area (Å²) < 4.78 is 157. The van der Waals surface area contributed by atoms with Crippen LogP contribution in [-0.2, 0) is 28.7 Å². The normalized spacial score (nSPS) is 12.4. The highest BCUT2D eigenvalue weighted by Gasteiger charge is 2.41. The van der Waals surface area contributed by atoms with Crippen molar-refractivity contribution in [3.05, 3.63) is 103 Å². The van der Waals surface area contributed by atoms with E-state index in [2.05, 4.69) is 10.3 Å². The number of ether oxygens (including phenoxy) is 2. The Kier molecular flexibility index (Phi) is 10.6. The molecule has 0 amide bonds. The van der Waals surface area contributed by atoms with E-state index in [4.69, 9.17) is 18.5 Å². The van der Waals surface area contributed by atoms with Crippen molar-refractivity contribution < 1.29 is 58.0 Å². The van der Waals surface area contributed by atoms with Crippen LogP contribution in [0.4, 0.5) is 39.5 Å². The highest BCUT2D eigenvalue weighted by atomic mass is 19.2. The second-order valence-corrected chi connectivity index (χ2v) is 10.2. The van der Waals surface area contributed by atoms with Crippen LogP contribution < -0.4 is 0 Å². The second-order valence-electron chi connectivity index (χ2n) is 10.2. The molecule has 0 saturated heterocycles. The number of hydrogen-bond donors (Lipinski definition) is 0. The number of methoxy groups -OCH3 is 2. The first-order valence-corrected chi connectivity index (χ1v) is 13.6. The lowest BCUT2D eigenvalue weighted by Gasteiger charge is -2.22. The maximum atomic E-state index is 15.9. The molecule has 0 fully saturated rings. The molecule has 4 rings (SSSR count). The minimum Gasteiger partial charge on any atom is -0.385 e. The third kappa shape index (κ3) is 6.32. The van der Waals surface area contributed by atoms with Crippen LogP contribution in [0.1, 0.15) is 69.5 Å². The van der Waals surface area contributed by atoms with Gasteiger partial charge in [0.1, 0.15) is 5.76 Å². The van der Waals surface area contributed by atoms with Gasteiger partial charge in [-0.1, -0.05) is 10.3 Å². The van der Waals surface area contributed by atoms with Crippen molar-refractivity contribution in [1.82, 2.24) is 10.3 Å². The monoisotopic (exact) mass is 650 g/mol. The third-order valence-electron chi connectivity index (χ3n) is 7.44. The lowest BCUT2D eigenvalue weighted by atomic mass is 9.83. The standard InChI is InChI=1S/C30H27F9N2O4/c1-12-14(7-5-9-42-3)17(44-40-12)11-16-21(31)23(33)19(24(34)22(16)32)18(20-25(35)27(37)29(39)28(38)26(20)36)30-15(8-6-10-43-4)13(2)41-45-30/h18H,5-11H2,1-4H3. The van der Waals surface area contributed by atoms with Gasteiger partial charge in [-0.05, 0) is 39.5 Å². The van der Waals surface area contributed by atoms with Crippen LogP contribution in [-0.4, -0.2) is 37.7 Å². The van der Waals surface area contributed by atoms with Gasteiger partial charge in [0.15, 0.2) is 52.3 Å². The molecule has 0 radical (unpaired) electrons. The first kappa shape index (κ1) is 34.0. The molecule has 2 aromatic carbocycles. The molecule has 0 bridgehead atoms. The van der Waals surface area contributed by atoms with Crippen LogP contribution in [0.2, 0.25) is 0 Å². The van der Waals surface area contributed by atoms with Crippen LogP contribution in [0.5, 0.6) is 0 Å². The van der Waals surface area contributed by atoms with Gasteiger partial charge in [0.05, 0.1) is 17.3 Å². The van der Waals surface area contributed by atoms with Gasteiger partial charge in [0.2, 0.25) is 5.82 Å². The third-order valence-corrected chi connectivity index (χ3v) is 7.44. The molecule has 15 heteroatoms. The number of rotatable bonds is 13. The quantitative estimate of drug-likeness (QED) is 0.0648. The Morgan fingerprint density at radius 2 is 0.978 bits per heavy atom. The fourth-order valence-electron chi connectivity index (χ4n) is 5.16. The van der Waals surface area contributed by atoms with Crippen LogP contribution in [0.3, 0.4) is 0 Å². The van der Waals surface area contributed by atoms with E-state index in [1.807, 2.05) is 0 Å². The number of aromatic nitrogens is 2. The summed E-state index contributed by atoms with van der Waals surface area (Å²) >= 11 is 0. The van der Waals surface area contributed by atoms with Gasteiger partial charge < -0.3 is 18.5 Å². The maximum absolute atomic E-state index is 15.9. The number of nitrogens with zero attached hydrogens (tertiary/aromatic N) is 2. The summed E-state index contributed by atoms with van der Waals surface area (Å²) in [6, 6.07) is 0. The van der Waals surface area contributed by atoms with Crippen molar-refractivity contribution in [2.24, 2.45) is 0 Å². The van der Waals surface area contributed by atoms with Gasteiger partial charge in [0, 0.05) is 61.7 Å². The van der Waals surface area contributed by atoms with Crippen molar-refractivity contribution in [2.45, 2.75) is 51.9 Å². The zero-order valence-corrected chi connectivity index (χ0v) is 24.5. The predicted octanol–water partition coefficient (Wildman–Crippen LogP) is 7.46. The van der Waals surface area contributed by atoms with E-state index in [0.29, 0.717) is 24.3 Å². The molecule has 0 N–H and O–H groups in total. The second kappa shape index (κ2) is 14.1. The van der Waals surface area contributed by atoms with Gasteiger partial charge in [-0.2, -0.15) is 0 Å². The van der Waals surface area contributed by atoms with Crippen molar-refractivity contribution in [3.8, 4) is 0 Å². The van der Waals surface area contributed by atoms with Crippen molar-refractivity contribution in [1.29, 1.82) is 0 Å². The molecule has 0 aliphatic heterocycles. The minimum absolute atomic E-state index is 0.0232. The highest BCUT2D eigenvalue weighted by molar-refractivity contribution is 5.48. The summed E-state index contributed by atoms with van der Waals surface area (Å²) in [7, 11) is 2.82. The van der Waals surface area contributed by atoms with Crippen LogP contribution >= 0.6 is 0 Å². The molecule has 6 nitrogen and oxygen atoms in total. The lowest BCUT2D eigenvalue weighted by Crippen LogP contribution is -2.20. The Morgan fingerprint density at radius 1 is 0.556 bits per heavy atom. The summed E-state index contributed by atoms with van der Waals surface area (Å²) in [4.78, 5) is 0. The topological polar surface area (TPSA) is 70.5 Å². The molecule has 45 heavy (non-hydrogen) atoms. The minimum atomic E-state index is -2.71. The zero-order valence-electron chi connectivity index (χ0n) is 24.5. The first-order valence-electron chi connectivity index (χ1n) is 13.6. The number of halogens is 9. The molecule has 1 atom stereocenters. The number of benzene rings is 2. The Morgan fingerprint density at radius 3 is 1.49 bits per heavy atom. The van der Waals surface area contributed by atoms with E-state index in [-0.39, 0.29) is 42.9 Å². The molecule has 0 saturated carbocycles. The maximum Gasteiger partial charge on any atom is 0.200 e. The molecule has 0 aliphatic rings. The fourth-order valence-corrected chi connectivity index (χ4v) is 5.16. The predicted molar refractivity (Wildman–Crippen MR) is 139 cm³/mol. The molecule has 4 aromatic rings. The highest BCUT2D eigenvalue weighted by Crippen LogP contribution is 2.43. The van der Waals surface area contributed by atoms with E-state index in [1.165, 1.54) is 21.1 Å². The first-order chi connectivity index (χ1) is 21.4. The van der Waals surface area contributed by atoms with Crippen LogP contribution in [0.25, 0.3) is 0 Å². The number of aryl methyl sites for hydroxylation is 2. The Bertz CT molecular complexity index is 1650. The number of hydrogen-bond acceptors (Lipinski definition) is 6. The van der Waals surface area contributed by atoms with E-state index in [9.17, 15) is 13.2 Å². The summed E-state index contributed by atoms with van der Waals surface area (Å²) in [5.41, 5.74) is -3.93. The average molecular weight is 651 g/mol. The molecule has 0 spiro atoms. The Balaban J connectivity index is 1.97. The van der Waals surface area contributed by atoms with E-state index in [0.717, 1.165) is 0 Å². The Hall–Kier alpha value is -3.85. The van der Waals surface area contributed by atoms with E-state index >= 15 is 26.3 Å². The molecule has 2 aromatic heterocycles. The van der Waals surface area contributed by atoms with Gasteiger partial charge >= 0.3 is 0 Å². The summed E-state index contributed by atoms with van der Waals surface area (Å²) in [5.74, 6) is -24.4. The molecule has 0 aliphatic carbocycles. The van der Waals surface area contributed by atoms with Gasteiger partial charge in [-0.3, -0.25) is 0 Å². The molecular weight excluding hydrogens is 623 g/mol. The zero-order chi connectivity index (χ0) is 33.2. The molecule has 2 heterocycles. The molecule has 1 unspecified atom stereocenters. The van der Waals surface area contributed by atoms with Crippen molar-refractivity contribution in [2.75, 3.05) is 27.4 Å². The molecule has 244 valence electrons. The van der Waals surface area contributed by atoms with E-state index in [1.54, 1.807) is 6.92 Å². The van der Waals surface area contributed by atoms with Crippen LogP contribution in [0, 0.1) is 66.2 Å². The largest absolute Gasteiger partial charge is 0.385 e. The summed E-state index contributed by atoms with van der Waals surface area (Å²) in [5, 5.41) is 7.37. The van der Waals surface area contributed by atoms with Gasteiger partial charge in [-0.15, -0.1) is 0 Å². The van der Waals surface area contributed by atoms with Gasteiger partial charge in [0.25, 0.3) is 0 Å². The SMILES string of the molecule is COCCCc1c(C)noc1Cc1c(F)c(F)c(C(c2onc(C)c2CCCOC)c2c(F)c(F)c(F)c(F)c2F)c(F)c1F. The Labute approximate surface area is 251 Å². The lowest BCUT2D eigenvalue weighted by molar-refractivity contribution is 0.195. The smallest absolute Gasteiger partial charge is 0.200 e. The average Bonchev–Trinajstić information content (AvgIpc) is 3.56. The van der Waals surface area contributed by atoms with Crippen molar-refractivity contribution in [3.63, 3.8) is 0 Å². The van der Waals surface area contributed by atoms with Crippen molar-refractivity contribution >= 4 is 0 Å². The van der Waals surface area contributed by atoms with Gasteiger partial charge in [-0.25, -0.2) is 39.5 Å².